The van der Waals surface area contributed by atoms with Gasteiger partial charge in [-0.2, -0.15) is 4.98 Å². The molecule has 1 fully saturated rings. The molecule has 160 valence electrons. The van der Waals surface area contributed by atoms with E-state index in [2.05, 4.69) is 25.2 Å². The first kappa shape index (κ1) is 20.7. The molecule has 0 bridgehead atoms. The van der Waals surface area contributed by atoms with E-state index in [9.17, 15) is 14.7 Å². The van der Waals surface area contributed by atoms with E-state index in [1.165, 1.54) is 12.1 Å². The van der Waals surface area contributed by atoms with Crippen molar-refractivity contribution in [2.75, 3.05) is 36.5 Å². The highest BCUT2D eigenvalue weighted by Gasteiger charge is 2.18. The zero-order chi connectivity index (χ0) is 22.0. The molecular weight excluding hydrogens is 422 g/mol. The summed E-state index contributed by atoms with van der Waals surface area (Å²) in [5, 5.41) is 21.8. The molecule has 4 rings (SSSR count). The molecule has 2 aromatic heterocycles. The third-order valence-corrected chi connectivity index (χ3v) is 5.75. The summed E-state index contributed by atoms with van der Waals surface area (Å²) in [5.41, 5.74) is 1.92. The van der Waals surface area contributed by atoms with E-state index in [4.69, 9.17) is 9.84 Å². The van der Waals surface area contributed by atoms with Crippen LogP contribution in [-0.2, 0) is 4.74 Å². The van der Waals surface area contributed by atoms with Gasteiger partial charge in [0.15, 0.2) is 5.13 Å². The third kappa shape index (κ3) is 4.62. The molecular formula is C20H19N5O5S. The lowest BCUT2D eigenvalue weighted by atomic mass is 10.1. The highest BCUT2D eigenvalue weighted by molar-refractivity contribution is 7.17. The molecule has 0 atom stereocenters. The monoisotopic (exact) mass is 441 g/mol. The molecule has 0 aliphatic carbocycles. The van der Waals surface area contributed by atoms with Gasteiger partial charge in [0.25, 0.3) is 0 Å². The van der Waals surface area contributed by atoms with E-state index < -0.39 is 11.9 Å². The predicted octanol–water partition coefficient (Wildman–Crippen LogP) is 2.89. The third-order valence-electron chi connectivity index (χ3n) is 4.68. The smallest absolute Gasteiger partial charge is 0.347 e. The van der Waals surface area contributed by atoms with Gasteiger partial charge in [-0.05, 0) is 19.1 Å². The first-order chi connectivity index (χ1) is 14.9. The van der Waals surface area contributed by atoms with Crippen LogP contribution in [-0.4, -0.2) is 63.4 Å². The topological polar surface area (TPSA) is 138 Å². The molecule has 1 saturated heterocycles. The molecule has 1 aromatic carbocycles. The van der Waals surface area contributed by atoms with Gasteiger partial charge in [-0.15, -0.1) is 0 Å². The SMILES string of the molecule is Cc1nc(Nc2nc(-c3ccc(C(=O)O)cc3)cc(N3CCOCC3)n2)sc1C(=O)O. The minimum absolute atomic E-state index is 0.149. The molecule has 0 unspecified atom stereocenters. The fourth-order valence-electron chi connectivity index (χ4n) is 3.12. The van der Waals surface area contributed by atoms with Crippen molar-refractivity contribution in [3.05, 3.63) is 46.5 Å². The highest BCUT2D eigenvalue weighted by Crippen LogP contribution is 2.28. The fraction of sp³-hybridized carbons (Fsp3) is 0.250. The lowest BCUT2D eigenvalue weighted by Crippen LogP contribution is -2.36. The standard InChI is InChI=1S/C20H19N5O5S/c1-11-16(18(28)29)31-20(21-11)24-19-22-14(12-2-4-13(5-3-12)17(26)27)10-15(23-19)25-6-8-30-9-7-25/h2-5,10H,6-9H2,1H3,(H,26,27)(H,28,29)(H,21,22,23,24). The maximum Gasteiger partial charge on any atom is 0.347 e. The first-order valence-corrected chi connectivity index (χ1v) is 10.3. The van der Waals surface area contributed by atoms with Crippen LogP contribution >= 0.6 is 11.3 Å². The quantitative estimate of drug-likeness (QED) is 0.523. The Kier molecular flexibility index (Phi) is 5.78. The number of hydrogen-bond donors (Lipinski definition) is 3. The number of ether oxygens (including phenoxy) is 1. The van der Waals surface area contributed by atoms with E-state index in [1.54, 1.807) is 19.1 Å². The van der Waals surface area contributed by atoms with E-state index >= 15 is 0 Å². The molecule has 0 radical (unpaired) electrons. The number of morpholine rings is 1. The van der Waals surface area contributed by atoms with E-state index in [0.29, 0.717) is 48.6 Å². The number of thiazole rings is 1. The van der Waals surface area contributed by atoms with Crippen molar-refractivity contribution in [3.63, 3.8) is 0 Å². The van der Waals surface area contributed by atoms with Gasteiger partial charge < -0.3 is 19.8 Å². The molecule has 31 heavy (non-hydrogen) atoms. The zero-order valence-corrected chi connectivity index (χ0v) is 17.3. The van der Waals surface area contributed by atoms with Crippen LogP contribution in [0.25, 0.3) is 11.3 Å². The van der Waals surface area contributed by atoms with Crippen molar-refractivity contribution in [1.29, 1.82) is 0 Å². The summed E-state index contributed by atoms with van der Waals surface area (Å²) >= 11 is 1.01. The Morgan fingerprint density at radius 2 is 1.77 bits per heavy atom. The Balaban J connectivity index is 1.71. The van der Waals surface area contributed by atoms with Gasteiger partial charge >= 0.3 is 11.9 Å². The average molecular weight is 441 g/mol. The number of carbonyl (C=O) groups is 2. The van der Waals surface area contributed by atoms with Gasteiger partial charge in [-0.25, -0.2) is 19.6 Å². The molecule has 3 aromatic rings. The van der Waals surface area contributed by atoms with Crippen LogP contribution in [0.3, 0.4) is 0 Å². The minimum Gasteiger partial charge on any atom is -0.478 e. The predicted molar refractivity (Wildman–Crippen MR) is 115 cm³/mol. The van der Waals surface area contributed by atoms with Crippen LogP contribution in [0.15, 0.2) is 30.3 Å². The number of carboxylic acids is 2. The number of aryl methyl sites for hydroxylation is 1. The molecule has 1 aliphatic heterocycles. The highest BCUT2D eigenvalue weighted by atomic mass is 32.1. The Morgan fingerprint density at radius 3 is 2.39 bits per heavy atom. The molecule has 0 amide bonds. The molecule has 1 aliphatic rings. The van der Waals surface area contributed by atoms with Crippen LogP contribution in [0.2, 0.25) is 0 Å². The number of rotatable bonds is 6. The number of nitrogens with one attached hydrogen (secondary N) is 1. The van der Waals surface area contributed by atoms with Crippen LogP contribution < -0.4 is 10.2 Å². The number of carboxylic acid groups (broad SMARTS) is 2. The van der Waals surface area contributed by atoms with Gasteiger partial charge in [0.2, 0.25) is 5.95 Å². The lowest BCUT2D eigenvalue weighted by molar-refractivity contribution is 0.0688. The largest absolute Gasteiger partial charge is 0.478 e. The average Bonchev–Trinajstić information content (AvgIpc) is 3.14. The summed E-state index contributed by atoms with van der Waals surface area (Å²) in [7, 11) is 0. The van der Waals surface area contributed by atoms with Crippen molar-refractivity contribution in [1.82, 2.24) is 15.0 Å². The molecule has 0 spiro atoms. The van der Waals surface area contributed by atoms with E-state index in [0.717, 1.165) is 16.9 Å². The number of nitrogens with zero attached hydrogens (tertiary/aromatic N) is 4. The molecule has 3 N–H and O–H groups in total. The summed E-state index contributed by atoms with van der Waals surface area (Å²) in [5.74, 6) is -1.08. The summed E-state index contributed by atoms with van der Waals surface area (Å²) < 4.78 is 5.42. The molecule has 0 saturated carbocycles. The van der Waals surface area contributed by atoms with Crippen LogP contribution in [0.4, 0.5) is 16.9 Å². The fourth-order valence-corrected chi connectivity index (χ4v) is 3.92. The van der Waals surface area contributed by atoms with Gasteiger partial charge in [-0.1, -0.05) is 23.5 Å². The number of hydrogen-bond acceptors (Lipinski definition) is 9. The van der Waals surface area contributed by atoms with E-state index in [-0.39, 0.29) is 16.4 Å². The van der Waals surface area contributed by atoms with Crippen LogP contribution in [0, 0.1) is 6.92 Å². The van der Waals surface area contributed by atoms with Gasteiger partial charge in [0.1, 0.15) is 10.7 Å². The Hall–Kier alpha value is -3.57. The number of anilines is 3. The number of aromatic carboxylic acids is 2. The normalized spacial score (nSPS) is 13.8. The second-order valence-electron chi connectivity index (χ2n) is 6.78. The van der Waals surface area contributed by atoms with Crippen molar-refractivity contribution in [3.8, 4) is 11.3 Å². The summed E-state index contributed by atoms with van der Waals surface area (Å²) in [6, 6.07) is 8.25. The zero-order valence-electron chi connectivity index (χ0n) is 16.5. The number of aromatic nitrogens is 3. The van der Waals surface area contributed by atoms with Crippen LogP contribution in [0.5, 0.6) is 0 Å². The Labute approximate surface area is 181 Å². The summed E-state index contributed by atoms with van der Waals surface area (Å²) in [6.07, 6.45) is 0. The maximum atomic E-state index is 11.3. The van der Waals surface area contributed by atoms with Crippen molar-refractivity contribution < 1.29 is 24.5 Å². The second-order valence-corrected chi connectivity index (χ2v) is 7.78. The van der Waals surface area contributed by atoms with E-state index in [1.807, 2.05) is 6.07 Å². The number of benzene rings is 1. The van der Waals surface area contributed by atoms with Crippen molar-refractivity contribution >= 4 is 40.2 Å². The van der Waals surface area contributed by atoms with Gasteiger partial charge in [0.05, 0.1) is 30.2 Å². The van der Waals surface area contributed by atoms with Crippen LogP contribution in [0.1, 0.15) is 25.7 Å². The first-order valence-electron chi connectivity index (χ1n) is 9.44. The van der Waals surface area contributed by atoms with Gasteiger partial charge in [0, 0.05) is 24.7 Å². The molecule has 3 heterocycles. The Morgan fingerprint density at radius 1 is 1.06 bits per heavy atom. The van der Waals surface area contributed by atoms with Crippen molar-refractivity contribution in [2.24, 2.45) is 0 Å². The summed E-state index contributed by atoms with van der Waals surface area (Å²) in [6.45, 7) is 4.15. The lowest BCUT2D eigenvalue weighted by Gasteiger charge is -2.28. The Bertz CT molecular complexity index is 1130. The minimum atomic E-state index is -1.04. The molecule has 11 heteroatoms. The van der Waals surface area contributed by atoms with Gasteiger partial charge in [-0.3, -0.25) is 5.32 Å². The maximum absolute atomic E-state index is 11.3. The molecule has 10 nitrogen and oxygen atoms in total. The summed E-state index contributed by atoms with van der Waals surface area (Å²) in [4.78, 5) is 38.1. The second kappa shape index (κ2) is 8.66. The van der Waals surface area contributed by atoms with Crippen molar-refractivity contribution in [2.45, 2.75) is 6.92 Å².